The second-order valence-electron chi connectivity index (χ2n) is 11.1. The number of benzene rings is 2. The molecule has 0 saturated carbocycles. The molecule has 2 aliphatic heterocycles. The normalized spacial score (nSPS) is 29.5. The van der Waals surface area contributed by atoms with E-state index in [1.807, 2.05) is 44.2 Å². The molecular formula is C34H48Cl2O10. The third-order valence-electron chi connectivity index (χ3n) is 8.70. The SMILES string of the molecule is C=C[C@@]1(C)C(OC(=O)c2ccccc2)O[C@H](CC)[C@H]1C.CC[C@H]1OC(OC(=O)c2ccccc2)[C@](C)(OC)[C@@H]1C.ClCCl.OOO. The Kier molecular flexibility index (Phi) is 18.6. The maximum absolute atomic E-state index is 12.2. The van der Waals surface area contributed by atoms with E-state index in [9.17, 15) is 9.59 Å². The number of esters is 2. The Labute approximate surface area is 282 Å². The van der Waals surface area contributed by atoms with E-state index < -0.39 is 18.2 Å². The summed E-state index contributed by atoms with van der Waals surface area (Å²) in [5.41, 5.74) is 0.0771. The highest BCUT2D eigenvalue weighted by atomic mass is 35.5. The molecule has 2 aliphatic rings. The molecule has 2 saturated heterocycles. The smallest absolute Gasteiger partial charge is 0.340 e. The third kappa shape index (κ3) is 10.7. The number of methoxy groups -OCH3 is 1. The van der Waals surface area contributed by atoms with Gasteiger partial charge < -0.3 is 23.7 Å². The molecule has 12 heteroatoms. The van der Waals surface area contributed by atoms with Crippen LogP contribution in [0.25, 0.3) is 0 Å². The lowest BCUT2D eigenvalue weighted by atomic mass is 9.76. The first kappa shape index (κ1) is 41.5. The second-order valence-corrected chi connectivity index (χ2v) is 11.9. The van der Waals surface area contributed by atoms with Gasteiger partial charge in [-0.05, 0) is 56.9 Å². The number of hydrogen-bond acceptors (Lipinski definition) is 10. The molecule has 2 aromatic rings. The van der Waals surface area contributed by atoms with Crippen molar-refractivity contribution < 1.29 is 48.8 Å². The summed E-state index contributed by atoms with van der Waals surface area (Å²) in [4.78, 5) is 24.3. The molecule has 2 fully saturated rings. The van der Waals surface area contributed by atoms with Crippen molar-refractivity contribution in [3.8, 4) is 0 Å². The maximum atomic E-state index is 12.2. The molecular weight excluding hydrogens is 639 g/mol. The lowest BCUT2D eigenvalue weighted by molar-refractivity contribution is -0.465. The molecule has 2 heterocycles. The fourth-order valence-electron chi connectivity index (χ4n) is 5.28. The summed E-state index contributed by atoms with van der Waals surface area (Å²) >= 11 is 9.53. The molecule has 0 radical (unpaired) electrons. The predicted octanol–water partition coefficient (Wildman–Crippen LogP) is 8.20. The third-order valence-corrected chi connectivity index (χ3v) is 8.70. The highest BCUT2D eigenvalue weighted by molar-refractivity contribution is 6.40. The summed E-state index contributed by atoms with van der Waals surface area (Å²) in [6, 6.07) is 17.9. The molecule has 46 heavy (non-hydrogen) atoms. The minimum atomic E-state index is -0.680. The number of carbonyl (C=O) groups excluding carboxylic acids is 2. The number of alkyl halides is 2. The highest BCUT2D eigenvalue weighted by Gasteiger charge is 2.53. The first-order valence-corrected chi connectivity index (χ1v) is 16.0. The van der Waals surface area contributed by atoms with E-state index >= 15 is 0 Å². The first-order valence-electron chi connectivity index (χ1n) is 15.0. The maximum Gasteiger partial charge on any atom is 0.340 e. The Balaban J connectivity index is 0.000000393. The highest BCUT2D eigenvalue weighted by Crippen LogP contribution is 2.46. The zero-order valence-electron chi connectivity index (χ0n) is 27.6. The van der Waals surface area contributed by atoms with Crippen molar-refractivity contribution in [2.75, 3.05) is 12.4 Å². The zero-order valence-corrected chi connectivity index (χ0v) is 29.1. The monoisotopic (exact) mass is 686 g/mol. The molecule has 258 valence electrons. The Morgan fingerprint density at radius 3 is 1.57 bits per heavy atom. The molecule has 0 bridgehead atoms. The van der Waals surface area contributed by atoms with E-state index in [0.717, 1.165) is 12.8 Å². The van der Waals surface area contributed by atoms with Gasteiger partial charge >= 0.3 is 11.9 Å². The van der Waals surface area contributed by atoms with Crippen LogP contribution in [0.1, 0.15) is 75.1 Å². The van der Waals surface area contributed by atoms with Crippen LogP contribution < -0.4 is 0 Å². The number of halogens is 2. The van der Waals surface area contributed by atoms with Crippen molar-refractivity contribution in [1.82, 2.24) is 0 Å². The van der Waals surface area contributed by atoms with Crippen molar-refractivity contribution in [2.45, 2.75) is 84.8 Å². The average molecular weight is 688 g/mol. The van der Waals surface area contributed by atoms with Crippen molar-refractivity contribution in [2.24, 2.45) is 17.3 Å². The van der Waals surface area contributed by atoms with Crippen LogP contribution in [0.15, 0.2) is 73.3 Å². The van der Waals surface area contributed by atoms with E-state index in [-0.39, 0.29) is 46.7 Å². The first-order chi connectivity index (χ1) is 21.9. The number of carbonyl (C=O) groups is 2. The van der Waals surface area contributed by atoms with Crippen molar-refractivity contribution in [1.29, 1.82) is 0 Å². The Hall–Kier alpha value is -2.54. The van der Waals surface area contributed by atoms with Crippen molar-refractivity contribution >= 4 is 35.1 Å². The fraction of sp³-hybridized carbons (Fsp3) is 0.529. The largest absolute Gasteiger partial charge is 0.431 e. The summed E-state index contributed by atoms with van der Waals surface area (Å²) in [7, 11) is 1.63. The van der Waals surface area contributed by atoms with Gasteiger partial charge in [-0.25, -0.2) is 20.1 Å². The van der Waals surface area contributed by atoms with E-state index in [1.54, 1.807) is 43.5 Å². The van der Waals surface area contributed by atoms with E-state index in [2.05, 4.69) is 39.3 Å². The van der Waals surface area contributed by atoms with Crippen LogP contribution in [-0.2, 0) is 28.7 Å². The molecule has 0 aromatic heterocycles. The van der Waals surface area contributed by atoms with Crippen LogP contribution in [0.5, 0.6) is 0 Å². The molecule has 2 N–H and O–H groups in total. The molecule has 4 rings (SSSR count). The topological polar surface area (TPSA) is 130 Å². The van der Waals surface area contributed by atoms with Crippen LogP contribution >= 0.6 is 23.2 Å². The van der Waals surface area contributed by atoms with E-state index in [1.165, 1.54) is 0 Å². The summed E-state index contributed by atoms with van der Waals surface area (Å²) < 4.78 is 28.4. The van der Waals surface area contributed by atoms with Gasteiger partial charge in [-0.15, -0.1) is 29.8 Å². The summed E-state index contributed by atoms with van der Waals surface area (Å²) in [5, 5.41) is 15.7. The van der Waals surface area contributed by atoms with Gasteiger partial charge in [-0.1, -0.05) is 75.2 Å². The zero-order chi connectivity index (χ0) is 34.9. The number of hydrogen-bond donors (Lipinski definition) is 2. The minimum Gasteiger partial charge on any atom is -0.431 e. The van der Waals surface area contributed by atoms with Gasteiger partial charge in [-0.2, -0.15) is 0 Å². The average Bonchev–Trinajstić information content (AvgIpc) is 3.46. The van der Waals surface area contributed by atoms with Crippen molar-refractivity contribution in [3.05, 3.63) is 84.4 Å². The number of rotatable bonds is 8. The second kappa shape index (κ2) is 20.6. The van der Waals surface area contributed by atoms with Crippen LogP contribution in [0.4, 0.5) is 0 Å². The molecule has 2 aromatic carbocycles. The molecule has 0 spiro atoms. The lowest BCUT2D eigenvalue weighted by Crippen LogP contribution is -2.44. The predicted molar refractivity (Wildman–Crippen MR) is 177 cm³/mol. The fourth-order valence-corrected chi connectivity index (χ4v) is 5.28. The molecule has 0 amide bonds. The lowest BCUT2D eigenvalue weighted by Gasteiger charge is -2.31. The van der Waals surface area contributed by atoms with E-state index in [0.29, 0.717) is 11.1 Å². The van der Waals surface area contributed by atoms with Crippen LogP contribution in [0.2, 0.25) is 0 Å². The van der Waals surface area contributed by atoms with Crippen LogP contribution in [0.3, 0.4) is 0 Å². The van der Waals surface area contributed by atoms with Crippen molar-refractivity contribution in [3.63, 3.8) is 0 Å². The Bertz CT molecular complexity index is 1170. The van der Waals surface area contributed by atoms with Gasteiger partial charge in [0.05, 0.1) is 34.1 Å². The molecule has 0 aliphatic carbocycles. The van der Waals surface area contributed by atoms with Gasteiger partial charge in [0.2, 0.25) is 12.6 Å². The van der Waals surface area contributed by atoms with Gasteiger partial charge in [0, 0.05) is 13.0 Å². The number of ether oxygens (including phenoxy) is 5. The van der Waals surface area contributed by atoms with Gasteiger partial charge in [0.1, 0.15) is 5.60 Å². The summed E-state index contributed by atoms with van der Waals surface area (Å²) in [6.45, 7) is 16.2. The van der Waals surface area contributed by atoms with Gasteiger partial charge in [-0.3, -0.25) is 0 Å². The summed E-state index contributed by atoms with van der Waals surface area (Å²) in [5.74, 6) is -0.319. The quantitative estimate of drug-likeness (QED) is 0.0921. The van der Waals surface area contributed by atoms with E-state index in [4.69, 9.17) is 57.4 Å². The molecule has 2 unspecified atom stereocenters. The summed E-state index contributed by atoms with van der Waals surface area (Å²) in [6.07, 6.45) is 2.47. The minimum absolute atomic E-state index is 0.0357. The van der Waals surface area contributed by atoms with Crippen LogP contribution in [0, 0.1) is 17.3 Å². The van der Waals surface area contributed by atoms with Crippen LogP contribution in [-0.4, -0.2) is 65.3 Å². The Morgan fingerprint density at radius 1 is 0.826 bits per heavy atom. The molecule has 10 nitrogen and oxygen atoms in total. The van der Waals surface area contributed by atoms with Gasteiger partial charge in [0.15, 0.2) is 0 Å². The Morgan fingerprint density at radius 2 is 1.20 bits per heavy atom. The van der Waals surface area contributed by atoms with Gasteiger partial charge in [0.25, 0.3) is 0 Å². The molecule has 8 atom stereocenters. The standard InChI is InChI=1S/C17H22O3.C16H22O4.CH2Cl2.H2O3/c1-5-14-12(3)17(4,6-2)16(19-14)20-15(18)13-10-8-7-9-11-13;1-5-13-11(2)16(3,18-4)15(19-13)20-14(17)12-9-7-6-8-10-12;2-1-3;1-3-2/h6-12,14,16H,2,5H2,1,3-4H3;6-11,13,15H,5H2,1-4H3;1H2;1-2H/t12-,14-,16?,17-;11-,13-,15?,16-;;/m11../s1.